The van der Waals surface area contributed by atoms with Crippen molar-refractivity contribution in [3.63, 3.8) is 0 Å². The molecule has 2 N–H and O–H groups in total. The molecule has 0 saturated carbocycles. The van der Waals surface area contributed by atoms with Gasteiger partial charge < -0.3 is 10.3 Å². The summed E-state index contributed by atoms with van der Waals surface area (Å²) in [6.07, 6.45) is 1.11. The monoisotopic (exact) mass is 271 g/mol. The Morgan fingerprint density at radius 3 is 2.15 bits per heavy atom. The second-order valence-electron chi connectivity index (χ2n) is 6.15. The second kappa shape index (κ2) is 5.70. The molecule has 0 radical (unpaired) electrons. The Labute approximate surface area is 121 Å². The number of imidazole rings is 1. The Morgan fingerprint density at radius 2 is 1.70 bits per heavy atom. The molecule has 3 heteroatoms. The number of benzene rings is 1. The zero-order valence-corrected chi connectivity index (χ0v) is 13.1. The van der Waals surface area contributed by atoms with Gasteiger partial charge >= 0.3 is 0 Å². The third kappa shape index (κ3) is 2.87. The topological polar surface area (TPSA) is 43.8 Å². The number of hydrogen-bond acceptors (Lipinski definition) is 2. The predicted molar refractivity (Wildman–Crippen MR) is 85.7 cm³/mol. The van der Waals surface area contributed by atoms with Crippen molar-refractivity contribution in [3.8, 4) is 11.3 Å². The zero-order valence-electron chi connectivity index (χ0n) is 13.1. The van der Waals surface area contributed by atoms with E-state index in [4.69, 9.17) is 5.73 Å². The molecular formula is C17H25N3. The number of hydrogen-bond donors (Lipinski definition) is 1. The fourth-order valence-electron chi connectivity index (χ4n) is 2.70. The molecule has 1 heterocycles. The first kappa shape index (κ1) is 14.6. The molecule has 0 amide bonds. The van der Waals surface area contributed by atoms with E-state index in [9.17, 15) is 0 Å². The summed E-state index contributed by atoms with van der Waals surface area (Å²) in [5.41, 5.74) is 9.61. The van der Waals surface area contributed by atoms with Crippen molar-refractivity contribution < 1.29 is 0 Å². The lowest BCUT2D eigenvalue weighted by molar-refractivity contribution is 0.590. The molecule has 0 saturated heterocycles. The molecule has 0 fully saturated rings. The highest BCUT2D eigenvalue weighted by molar-refractivity contribution is 5.71. The lowest BCUT2D eigenvalue weighted by atomic mass is 10.0. The first-order valence-corrected chi connectivity index (χ1v) is 7.33. The van der Waals surface area contributed by atoms with Gasteiger partial charge in [0, 0.05) is 11.6 Å². The SMILES string of the molecule is Cc1nc(-c2ccc(CC(C)C)cc2)c(N)n1C(C)C. The summed E-state index contributed by atoms with van der Waals surface area (Å²) in [5, 5.41) is 0. The molecule has 0 bridgehead atoms. The number of rotatable bonds is 4. The summed E-state index contributed by atoms with van der Waals surface area (Å²) < 4.78 is 2.08. The van der Waals surface area contributed by atoms with Gasteiger partial charge in [0.15, 0.2) is 0 Å². The third-order valence-corrected chi connectivity index (χ3v) is 3.51. The van der Waals surface area contributed by atoms with Gasteiger partial charge in [0.2, 0.25) is 0 Å². The minimum absolute atomic E-state index is 0.330. The molecule has 0 spiro atoms. The highest BCUT2D eigenvalue weighted by Crippen LogP contribution is 2.29. The van der Waals surface area contributed by atoms with Crippen LogP contribution >= 0.6 is 0 Å². The van der Waals surface area contributed by atoms with Gasteiger partial charge in [-0.25, -0.2) is 4.98 Å². The summed E-state index contributed by atoms with van der Waals surface area (Å²) in [6, 6.07) is 8.94. The molecule has 3 nitrogen and oxygen atoms in total. The van der Waals surface area contributed by atoms with Crippen LogP contribution in [0.4, 0.5) is 5.82 Å². The summed E-state index contributed by atoms with van der Waals surface area (Å²) >= 11 is 0. The number of nitrogens with zero attached hydrogens (tertiary/aromatic N) is 2. The van der Waals surface area contributed by atoms with Crippen molar-refractivity contribution in [2.45, 2.75) is 47.1 Å². The average Bonchev–Trinajstić information content (AvgIpc) is 2.65. The van der Waals surface area contributed by atoms with Crippen molar-refractivity contribution in [1.29, 1.82) is 0 Å². The first-order valence-electron chi connectivity index (χ1n) is 7.33. The van der Waals surface area contributed by atoms with Crippen molar-refractivity contribution in [2.24, 2.45) is 5.92 Å². The number of nitrogen functional groups attached to an aromatic ring is 1. The van der Waals surface area contributed by atoms with E-state index in [0.29, 0.717) is 12.0 Å². The van der Waals surface area contributed by atoms with E-state index < -0.39 is 0 Å². The van der Waals surface area contributed by atoms with E-state index in [1.54, 1.807) is 0 Å². The number of aromatic nitrogens is 2. The Kier molecular flexibility index (Phi) is 4.17. The van der Waals surface area contributed by atoms with Crippen LogP contribution in [0.2, 0.25) is 0 Å². The smallest absolute Gasteiger partial charge is 0.131 e. The van der Waals surface area contributed by atoms with E-state index in [0.717, 1.165) is 29.3 Å². The molecule has 20 heavy (non-hydrogen) atoms. The van der Waals surface area contributed by atoms with Gasteiger partial charge in [0.05, 0.1) is 0 Å². The molecule has 1 aromatic carbocycles. The molecule has 2 rings (SSSR count). The summed E-state index contributed by atoms with van der Waals surface area (Å²) in [5.74, 6) is 2.40. The highest BCUT2D eigenvalue weighted by Gasteiger charge is 2.15. The normalized spacial score (nSPS) is 11.6. The summed E-state index contributed by atoms with van der Waals surface area (Å²) in [6.45, 7) is 10.7. The first-order chi connectivity index (χ1) is 9.40. The van der Waals surface area contributed by atoms with Crippen LogP contribution in [0.5, 0.6) is 0 Å². The van der Waals surface area contributed by atoms with Gasteiger partial charge in [-0.1, -0.05) is 38.1 Å². The van der Waals surface area contributed by atoms with Crippen molar-refractivity contribution in [2.75, 3.05) is 5.73 Å². The van der Waals surface area contributed by atoms with Gasteiger partial charge in [0.25, 0.3) is 0 Å². The van der Waals surface area contributed by atoms with E-state index in [1.165, 1.54) is 5.56 Å². The minimum atomic E-state index is 0.330. The second-order valence-corrected chi connectivity index (χ2v) is 6.15. The van der Waals surface area contributed by atoms with E-state index >= 15 is 0 Å². The van der Waals surface area contributed by atoms with E-state index in [1.807, 2.05) is 6.92 Å². The summed E-state index contributed by atoms with van der Waals surface area (Å²) in [7, 11) is 0. The maximum absolute atomic E-state index is 6.26. The predicted octanol–water partition coefficient (Wildman–Crippen LogP) is 4.22. The van der Waals surface area contributed by atoms with E-state index in [2.05, 4.69) is 61.5 Å². The lowest BCUT2D eigenvalue weighted by Crippen LogP contribution is -2.07. The molecule has 2 aromatic rings. The van der Waals surface area contributed by atoms with Crippen LogP contribution < -0.4 is 5.73 Å². The Morgan fingerprint density at radius 1 is 1.10 bits per heavy atom. The van der Waals surface area contributed by atoms with Crippen LogP contribution in [0.1, 0.15) is 45.1 Å². The number of nitrogens with two attached hydrogens (primary N) is 1. The molecule has 0 aliphatic rings. The highest BCUT2D eigenvalue weighted by atomic mass is 15.2. The number of aryl methyl sites for hydroxylation is 1. The van der Waals surface area contributed by atoms with Crippen LogP contribution in [0.25, 0.3) is 11.3 Å². The Balaban J connectivity index is 2.35. The minimum Gasteiger partial charge on any atom is -0.383 e. The van der Waals surface area contributed by atoms with Crippen molar-refractivity contribution in [3.05, 3.63) is 35.7 Å². The third-order valence-electron chi connectivity index (χ3n) is 3.51. The molecule has 0 aliphatic carbocycles. The van der Waals surface area contributed by atoms with Crippen LogP contribution in [0, 0.1) is 12.8 Å². The van der Waals surface area contributed by atoms with Crippen LogP contribution in [-0.4, -0.2) is 9.55 Å². The van der Waals surface area contributed by atoms with Gasteiger partial charge in [-0.05, 0) is 38.7 Å². The van der Waals surface area contributed by atoms with Crippen LogP contribution in [0.15, 0.2) is 24.3 Å². The molecule has 0 aliphatic heterocycles. The molecular weight excluding hydrogens is 246 g/mol. The van der Waals surface area contributed by atoms with Crippen molar-refractivity contribution in [1.82, 2.24) is 9.55 Å². The van der Waals surface area contributed by atoms with Gasteiger partial charge in [0.1, 0.15) is 17.3 Å². The maximum Gasteiger partial charge on any atom is 0.131 e. The fraction of sp³-hybridized carbons (Fsp3) is 0.471. The van der Waals surface area contributed by atoms with Gasteiger partial charge in [-0.15, -0.1) is 0 Å². The molecule has 0 atom stereocenters. The molecule has 1 aromatic heterocycles. The standard InChI is InChI=1S/C17H25N3/c1-11(2)10-14-6-8-15(9-7-14)16-17(18)20(12(3)4)13(5)19-16/h6-9,11-12H,10,18H2,1-5H3. The van der Waals surface area contributed by atoms with E-state index in [-0.39, 0.29) is 0 Å². The molecule has 0 unspecified atom stereocenters. The fourth-order valence-corrected chi connectivity index (χ4v) is 2.70. The largest absolute Gasteiger partial charge is 0.383 e. The van der Waals surface area contributed by atoms with Crippen LogP contribution in [-0.2, 0) is 6.42 Å². The Bertz CT molecular complexity index is 577. The maximum atomic E-state index is 6.26. The quantitative estimate of drug-likeness (QED) is 0.904. The van der Waals surface area contributed by atoms with Crippen molar-refractivity contribution >= 4 is 5.82 Å². The lowest BCUT2D eigenvalue weighted by Gasteiger charge is -2.11. The van der Waals surface area contributed by atoms with Gasteiger partial charge in [-0.3, -0.25) is 0 Å². The molecule has 108 valence electrons. The van der Waals surface area contributed by atoms with Crippen LogP contribution in [0.3, 0.4) is 0 Å². The zero-order chi connectivity index (χ0) is 14.9. The number of anilines is 1. The average molecular weight is 271 g/mol. The Hall–Kier alpha value is -1.77. The van der Waals surface area contributed by atoms with Gasteiger partial charge in [-0.2, -0.15) is 0 Å². The summed E-state index contributed by atoms with van der Waals surface area (Å²) in [4.78, 5) is 4.63.